The van der Waals surface area contributed by atoms with Crippen molar-refractivity contribution in [3.8, 4) is 0 Å². The second kappa shape index (κ2) is 8.04. The van der Waals surface area contributed by atoms with Crippen LogP contribution < -0.4 is 0 Å². The van der Waals surface area contributed by atoms with Crippen LogP contribution in [0, 0.1) is 0 Å². The van der Waals surface area contributed by atoms with Crippen LogP contribution in [-0.4, -0.2) is 31.1 Å². The fourth-order valence-electron chi connectivity index (χ4n) is 1.37. The summed E-state index contributed by atoms with van der Waals surface area (Å²) in [6, 6.07) is 16.0. The van der Waals surface area contributed by atoms with Crippen molar-refractivity contribution in [3.05, 3.63) is 60.7 Å². The van der Waals surface area contributed by atoms with Crippen molar-refractivity contribution in [2.45, 2.75) is 9.79 Å². The van der Waals surface area contributed by atoms with E-state index in [9.17, 15) is 16.8 Å². The van der Waals surface area contributed by atoms with E-state index in [0.717, 1.165) is 14.2 Å². The minimum atomic E-state index is -3.50. The molecule has 2 aromatic rings. The van der Waals surface area contributed by atoms with Crippen molar-refractivity contribution < 1.29 is 25.2 Å². The standard InChI is InChI=1S/2C7H8O3S/c2*1-10-11(8,9)7-5-3-2-4-6-7/h2*2-6H,1H3. The molecule has 0 amide bonds. The Balaban J connectivity index is 0.000000220. The molecule has 2 rings (SSSR count). The molecular formula is C14H16O6S2. The Bertz CT molecular complexity index is 699. The van der Waals surface area contributed by atoms with Gasteiger partial charge in [-0.2, -0.15) is 16.8 Å². The second-order valence-electron chi connectivity index (χ2n) is 3.87. The van der Waals surface area contributed by atoms with Crippen LogP contribution in [0.15, 0.2) is 70.5 Å². The Kier molecular flexibility index (Phi) is 6.69. The minimum Gasteiger partial charge on any atom is -0.270 e. The Labute approximate surface area is 130 Å². The highest BCUT2D eigenvalue weighted by atomic mass is 32.2. The van der Waals surface area contributed by atoms with Gasteiger partial charge in [0.15, 0.2) is 0 Å². The second-order valence-corrected chi connectivity index (χ2v) is 7.29. The predicted octanol–water partition coefficient (Wildman–Crippen LogP) is 2.04. The van der Waals surface area contributed by atoms with Gasteiger partial charge in [-0.1, -0.05) is 36.4 Å². The summed E-state index contributed by atoms with van der Waals surface area (Å²) >= 11 is 0. The van der Waals surface area contributed by atoms with Gasteiger partial charge in [-0.15, -0.1) is 0 Å². The monoisotopic (exact) mass is 344 g/mol. The van der Waals surface area contributed by atoms with Gasteiger partial charge in [-0.05, 0) is 24.3 Å². The van der Waals surface area contributed by atoms with Gasteiger partial charge in [0.05, 0.1) is 24.0 Å². The molecule has 0 atom stereocenters. The average Bonchev–Trinajstić information content (AvgIpc) is 2.57. The summed E-state index contributed by atoms with van der Waals surface area (Å²) < 4.78 is 52.5. The molecule has 0 saturated heterocycles. The summed E-state index contributed by atoms with van der Waals surface area (Å²) in [5, 5.41) is 0. The first-order chi connectivity index (χ1) is 10.3. The maximum Gasteiger partial charge on any atom is 0.296 e. The van der Waals surface area contributed by atoms with Crippen LogP contribution in [0.25, 0.3) is 0 Å². The van der Waals surface area contributed by atoms with Gasteiger partial charge in [0.25, 0.3) is 20.2 Å². The molecule has 0 spiro atoms. The molecule has 6 nitrogen and oxygen atoms in total. The minimum absolute atomic E-state index is 0.183. The molecule has 0 radical (unpaired) electrons. The highest BCUT2D eigenvalue weighted by Crippen LogP contribution is 2.09. The first kappa shape index (κ1) is 18.3. The SMILES string of the molecule is COS(=O)(=O)c1ccccc1.COS(=O)(=O)c1ccccc1. The zero-order chi connectivity index (χ0) is 16.6. The number of hydrogen-bond acceptors (Lipinski definition) is 6. The molecule has 0 fully saturated rings. The normalized spacial score (nSPS) is 11.4. The van der Waals surface area contributed by atoms with Crippen LogP contribution in [0.3, 0.4) is 0 Å². The van der Waals surface area contributed by atoms with E-state index in [2.05, 4.69) is 8.37 Å². The van der Waals surface area contributed by atoms with E-state index in [0.29, 0.717) is 0 Å². The number of benzene rings is 2. The third-order valence-electron chi connectivity index (χ3n) is 2.50. The van der Waals surface area contributed by atoms with Crippen molar-refractivity contribution in [1.29, 1.82) is 0 Å². The molecule has 2 aromatic carbocycles. The summed E-state index contributed by atoms with van der Waals surface area (Å²) in [7, 11) is -4.71. The average molecular weight is 344 g/mol. The highest BCUT2D eigenvalue weighted by Gasteiger charge is 2.11. The summed E-state index contributed by atoms with van der Waals surface area (Å²) in [4.78, 5) is 0.366. The maximum absolute atomic E-state index is 11.0. The molecule has 22 heavy (non-hydrogen) atoms. The van der Waals surface area contributed by atoms with Gasteiger partial charge in [0.2, 0.25) is 0 Å². The Morgan fingerprint density at radius 2 is 0.864 bits per heavy atom. The molecule has 0 bridgehead atoms. The Morgan fingerprint density at radius 1 is 0.591 bits per heavy atom. The summed E-state index contributed by atoms with van der Waals surface area (Å²) in [6.07, 6.45) is 0. The van der Waals surface area contributed by atoms with Gasteiger partial charge in [0, 0.05) is 0 Å². The third kappa shape index (κ3) is 5.23. The molecule has 120 valence electrons. The van der Waals surface area contributed by atoms with Crippen molar-refractivity contribution in [1.82, 2.24) is 0 Å². The lowest BCUT2D eigenvalue weighted by Crippen LogP contribution is -2.01. The fourth-order valence-corrected chi connectivity index (χ4v) is 2.73. The van der Waals surface area contributed by atoms with Crippen LogP contribution in [0.2, 0.25) is 0 Å². The molecule has 0 saturated carbocycles. The number of rotatable bonds is 4. The zero-order valence-electron chi connectivity index (χ0n) is 12.0. The maximum atomic E-state index is 11.0. The van der Waals surface area contributed by atoms with Crippen LogP contribution in [0.5, 0.6) is 0 Å². The van der Waals surface area contributed by atoms with Crippen LogP contribution in [-0.2, 0) is 28.6 Å². The summed E-state index contributed by atoms with van der Waals surface area (Å²) in [5.74, 6) is 0. The molecule has 0 aromatic heterocycles. The van der Waals surface area contributed by atoms with Gasteiger partial charge >= 0.3 is 0 Å². The van der Waals surface area contributed by atoms with E-state index in [4.69, 9.17) is 0 Å². The largest absolute Gasteiger partial charge is 0.296 e. The van der Waals surface area contributed by atoms with Gasteiger partial charge in [-0.25, -0.2) is 0 Å². The van der Waals surface area contributed by atoms with Crippen molar-refractivity contribution in [2.75, 3.05) is 14.2 Å². The van der Waals surface area contributed by atoms with E-state index < -0.39 is 20.2 Å². The molecule has 8 heteroatoms. The lowest BCUT2D eigenvalue weighted by molar-refractivity contribution is 0.396. The molecule has 0 N–H and O–H groups in total. The van der Waals surface area contributed by atoms with Crippen molar-refractivity contribution in [2.24, 2.45) is 0 Å². The lowest BCUT2D eigenvalue weighted by atomic mass is 10.4. The zero-order valence-corrected chi connectivity index (χ0v) is 13.7. The Hall–Kier alpha value is -1.74. The van der Waals surface area contributed by atoms with Gasteiger partial charge < -0.3 is 0 Å². The number of hydrogen-bond donors (Lipinski definition) is 0. The smallest absolute Gasteiger partial charge is 0.270 e. The third-order valence-corrected chi connectivity index (χ3v) is 5.08. The van der Waals surface area contributed by atoms with E-state index in [1.165, 1.54) is 24.3 Å². The molecule has 0 heterocycles. The fraction of sp³-hybridized carbons (Fsp3) is 0.143. The predicted molar refractivity (Wildman–Crippen MR) is 81.3 cm³/mol. The molecule has 0 aliphatic rings. The summed E-state index contributed by atoms with van der Waals surface area (Å²) in [5.41, 5.74) is 0. The summed E-state index contributed by atoms with van der Waals surface area (Å²) in [6.45, 7) is 0. The topological polar surface area (TPSA) is 86.7 Å². The quantitative estimate of drug-likeness (QED) is 0.789. The van der Waals surface area contributed by atoms with Gasteiger partial charge in [-0.3, -0.25) is 8.37 Å². The van der Waals surface area contributed by atoms with E-state index in [1.807, 2.05) is 0 Å². The van der Waals surface area contributed by atoms with Crippen molar-refractivity contribution in [3.63, 3.8) is 0 Å². The van der Waals surface area contributed by atoms with Crippen LogP contribution >= 0.6 is 0 Å². The molecule has 0 unspecified atom stereocenters. The first-order valence-corrected chi connectivity index (χ1v) is 8.86. The van der Waals surface area contributed by atoms with E-state index in [-0.39, 0.29) is 9.79 Å². The molecular weight excluding hydrogens is 328 g/mol. The lowest BCUT2D eigenvalue weighted by Gasteiger charge is -1.98. The van der Waals surface area contributed by atoms with E-state index >= 15 is 0 Å². The van der Waals surface area contributed by atoms with Crippen LogP contribution in [0.4, 0.5) is 0 Å². The highest BCUT2D eigenvalue weighted by molar-refractivity contribution is 7.87. The van der Waals surface area contributed by atoms with Gasteiger partial charge in [0.1, 0.15) is 0 Å². The first-order valence-electron chi connectivity index (χ1n) is 6.05. The van der Waals surface area contributed by atoms with Crippen LogP contribution in [0.1, 0.15) is 0 Å². The van der Waals surface area contributed by atoms with E-state index in [1.54, 1.807) is 36.4 Å². The Morgan fingerprint density at radius 3 is 1.09 bits per heavy atom. The molecule has 0 aliphatic heterocycles. The van der Waals surface area contributed by atoms with Crippen molar-refractivity contribution >= 4 is 20.2 Å². The molecule has 0 aliphatic carbocycles.